The predicted molar refractivity (Wildman–Crippen MR) is 59.4 cm³/mol. The number of halogens is 1. The minimum atomic E-state index is -0.549. The molecule has 0 bridgehead atoms. The summed E-state index contributed by atoms with van der Waals surface area (Å²) in [6, 6.07) is 2.94. The third-order valence-electron chi connectivity index (χ3n) is 2.81. The zero-order valence-electron chi connectivity index (χ0n) is 9.31. The fourth-order valence-electron chi connectivity index (χ4n) is 1.46. The molecule has 0 spiro atoms. The fourth-order valence-corrected chi connectivity index (χ4v) is 1.46. The molecule has 0 saturated heterocycles. The van der Waals surface area contributed by atoms with E-state index in [4.69, 9.17) is 5.73 Å². The molecule has 88 valence electrons. The summed E-state index contributed by atoms with van der Waals surface area (Å²) < 4.78 is 13.5. The quantitative estimate of drug-likeness (QED) is 0.634. The molecule has 0 aromatic heterocycles. The number of nitro benzene ring substituents is 1. The van der Waals surface area contributed by atoms with Gasteiger partial charge < -0.3 is 5.73 Å². The van der Waals surface area contributed by atoms with Crippen LogP contribution in [0.2, 0.25) is 0 Å². The highest BCUT2D eigenvalue weighted by molar-refractivity contribution is 5.37. The predicted octanol–water partition coefficient (Wildman–Crippen LogP) is 2.78. The summed E-state index contributed by atoms with van der Waals surface area (Å²) in [4.78, 5) is 10.0. The average Bonchev–Trinajstić information content (AvgIpc) is 2.27. The number of nitrogens with two attached hydrogens (primary N) is 1. The van der Waals surface area contributed by atoms with E-state index in [2.05, 4.69) is 0 Å². The van der Waals surface area contributed by atoms with E-state index in [9.17, 15) is 14.5 Å². The summed E-state index contributed by atoms with van der Waals surface area (Å²) >= 11 is 0. The van der Waals surface area contributed by atoms with Gasteiger partial charge in [-0.05, 0) is 12.0 Å². The number of non-ortho nitro benzene ring substituents is 1. The van der Waals surface area contributed by atoms with E-state index in [0.717, 1.165) is 18.6 Å². The van der Waals surface area contributed by atoms with Crippen LogP contribution in [-0.2, 0) is 0 Å². The van der Waals surface area contributed by atoms with Gasteiger partial charge in [-0.3, -0.25) is 10.1 Å². The molecule has 16 heavy (non-hydrogen) atoms. The Morgan fingerprint density at radius 2 is 2.19 bits per heavy atom. The number of rotatable bonds is 4. The smallest absolute Gasteiger partial charge is 0.269 e. The molecule has 0 fully saturated rings. The van der Waals surface area contributed by atoms with E-state index in [1.54, 1.807) is 0 Å². The van der Waals surface area contributed by atoms with Crippen LogP contribution in [0.1, 0.15) is 31.9 Å². The molecule has 1 unspecified atom stereocenters. The molecule has 0 saturated carbocycles. The SMILES string of the molecule is CCC(C)[C@H](N)c1cc([N+](=O)[O-])ccc1F. The van der Waals surface area contributed by atoms with E-state index in [1.165, 1.54) is 6.07 Å². The van der Waals surface area contributed by atoms with Crippen molar-refractivity contribution in [2.24, 2.45) is 11.7 Å². The molecule has 0 aliphatic heterocycles. The van der Waals surface area contributed by atoms with Crippen molar-refractivity contribution in [1.29, 1.82) is 0 Å². The second-order valence-corrected chi connectivity index (χ2v) is 3.87. The van der Waals surface area contributed by atoms with Crippen LogP contribution < -0.4 is 5.73 Å². The Labute approximate surface area is 93.4 Å². The highest BCUT2D eigenvalue weighted by atomic mass is 19.1. The van der Waals surface area contributed by atoms with Crippen molar-refractivity contribution in [3.63, 3.8) is 0 Å². The maximum atomic E-state index is 13.5. The van der Waals surface area contributed by atoms with Crippen molar-refractivity contribution in [2.75, 3.05) is 0 Å². The van der Waals surface area contributed by atoms with E-state index in [1.807, 2.05) is 13.8 Å². The van der Waals surface area contributed by atoms with Gasteiger partial charge in [-0.15, -0.1) is 0 Å². The molecular formula is C11H15FN2O2. The van der Waals surface area contributed by atoms with E-state index in [0.29, 0.717) is 0 Å². The molecule has 0 radical (unpaired) electrons. The van der Waals surface area contributed by atoms with Gasteiger partial charge in [0.25, 0.3) is 5.69 Å². The van der Waals surface area contributed by atoms with Crippen molar-refractivity contribution in [2.45, 2.75) is 26.3 Å². The van der Waals surface area contributed by atoms with E-state index >= 15 is 0 Å². The van der Waals surface area contributed by atoms with Gasteiger partial charge in [0, 0.05) is 23.7 Å². The van der Waals surface area contributed by atoms with Crippen LogP contribution in [0.5, 0.6) is 0 Å². The summed E-state index contributed by atoms with van der Waals surface area (Å²) in [5, 5.41) is 10.6. The average molecular weight is 226 g/mol. The van der Waals surface area contributed by atoms with Gasteiger partial charge in [-0.1, -0.05) is 20.3 Å². The Morgan fingerprint density at radius 1 is 1.56 bits per heavy atom. The van der Waals surface area contributed by atoms with Crippen molar-refractivity contribution in [3.8, 4) is 0 Å². The lowest BCUT2D eigenvalue weighted by Gasteiger charge is -2.18. The number of hydrogen-bond donors (Lipinski definition) is 1. The standard InChI is InChI=1S/C11H15FN2O2/c1-3-7(2)11(13)9-6-8(14(15)16)4-5-10(9)12/h4-7,11H,3,13H2,1-2H3/t7?,11-/m0/s1. The van der Waals surface area contributed by atoms with Crippen molar-refractivity contribution >= 4 is 5.69 Å². The molecule has 0 heterocycles. The molecule has 0 amide bonds. The first-order valence-electron chi connectivity index (χ1n) is 5.16. The zero-order valence-corrected chi connectivity index (χ0v) is 9.31. The lowest BCUT2D eigenvalue weighted by atomic mass is 9.93. The van der Waals surface area contributed by atoms with Gasteiger partial charge in [-0.25, -0.2) is 4.39 Å². The van der Waals surface area contributed by atoms with Crippen LogP contribution >= 0.6 is 0 Å². The van der Waals surface area contributed by atoms with Crippen molar-refractivity contribution in [1.82, 2.24) is 0 Å². The van der Waals surface area contributed by atoms with Gasteiger partial charge in [0.15, 0.2) is 0 Å². The van der Waals surface area contributed by atoms with E-state index in [-0.39, 0.29) is 17.2 Å². The minimum absolute atomic E-state index is 0.0801. The largest absolute Gasteiger partial charge is 0.324 e. The fraction of sp³-hybridized carbons (Fsp3) is 0.455. The summed E-state index contributed by atoms with van der Waals surface area (Å²) in [6.07, 6.45) is 0.795. The van der Waals surface area contributed by atoms with Gasteiger partial charge in [-0.2, -0.15) is 0 Å². The van der Waals surface area contributed by atoms with Crippen LogP contribution in [0.3, 0.4) is 0 Å². The van der Waals surface area contributed by atoms with Gasteiger partial charge in [0.1, 0.15) is 5.82 Å². The lowest BCUT2D eigenvalue weighted by molar-refractivity contribution is -0.385. The lowest BCUT2D eigenvalue weighted by Crippen LogP contribution is -2.20. The molecule has 2 atom stereocenters. The summed E-state index contributed by atoms with van der Waals surface area (Å²) in [5.74, 6) is -0.407. The molecule has 1 aromatic rings. The Bertz CT molecular complexity index is 396. The Balaban J connectivity index is 3.11. The molecule has 1 rings (SSSR count). The number of benzene rings is 1. The topological polar surface area (TPSA) is 69.2 Å². The minimum Gasteiger partial charge on any atom is -0.324 e. The molecule has 4 nitrogen and oxygen atoms in total. The van der Waals surface area contributed by atoms with Crippen LogP contribution in [0.4, 0.5) is 10.1 Å². The molecule has 0 aliphatic carbocycles. The maximum Gasteiger partial charge on any atom is 0.269 e. The van der Waals surface area contributed by atoms with Crippen molar-refractivity contribution < 1.29 is 9.31 Å². The summed E-state index contributed by atoms with van der Waals surface area (Å²) in [6.45, 7) is 3.84. The highest BCUT2D eigenvalue weighted by Gasteiger charge is 2.20. The third-order valence-corrected chi connectivity index (χ3v) is 2.81. The number of nitrogens with zero attached hydrogens (tertiary/aromatic N) is 1. The summed E-state index contributed by atoms with van der Waals surface area (Å²) in [5.41, 5.74) is 5.94. The normalized spacial score (nSPS) is 14.5. The zero-order chi connectivity index (χ0) is 12.3. The van der Waals surface area contributed by atoms with Gasteiger partial charge >= 0.3 is 0 Å². The van der Waals surface area contributed by atoms with Crippen LogP contribution in [0.25, 0.3) is 0 Å². The third kappa shape index (κ3) is 2.55. The van der Waals surface area contributed by atoms with Crippen LogP contribution in [-0.4, -0.2) is 4.92 Å². The number of hydrogen-bond acceptors (Lipinski definition) is 3. The Hall–Kier alpha value is -1.49. The molecule has 1 aromatic carbocycles. The molecule has 5 heteroatoms. The van der Waals surface area contributed by atoms with Crippen LogP contribution in [0.15, 0.2) is 18.2 Å². The first-order chi connectivity index (χ1) is 7.47. The molecular weight excluding hydrogens is 211 g/mol. The van der Waals surface area contributed by atoms with Gasteiger partial charge in [0.05, 0.1) is 4.92 Å². The number of nitro groups is 1. The summed E-state index contributed by atoms with van der Waals surface area (Å²) in [7, 11) is 0. The van der Waals surface area contributed by atoms with Crippen LogP contribution in [0, 0.1) is 21.8 Å². The monoisotopic (exact) mass is 226 g/mol. The second kappa shape index (κ2) is 5.03. The Morgan fingerprint density at radius 3 is 2.69 bits per heavy atom. The molecule has 2 N–H and O–H groups in total. The maximum absolute atomic E-state index is 13.5. The second-order valence-electron chi connectivity index (χ2n) is 3.87. The van der Waals surface area contributed by atoms with E-state index < -0.39 is 16.8 Å². The molecule has 0 aliphatic rings. The first-order valence-corrected chi connectivity index (χ1v) is 5.16. The van der Waals surface area contributed by atoms with Gasteiger partial charge in [0.2, 0.25) is 0 Å². The Kier molecular flexibility index (Phi) is 3.95. The highest BCUT2D eigenvalue weighted by Crippen LogP contribution is 2.27. The van der Waals surface area contributed by atoms with Crippen molar-refractivity contribution in [3.05, 3.63) is 39.7 Å². The first kappa shape index (κ1) is 12.6.